The maximum Gasteiger partial charge on any atom is 0.234 e. The number of halogens is 2. The van der Waals surface area contributed by atoms with Crippen LogP contribution in [-0.2, 0) is 14.3 Å². The molecule has 2 aliphatic carbocycles. The molecule has 2 N–H and O–H groups in total. The summed E-state index contributed by atoms with van der Waals surface area (Å²) in [5.41, 5.74) is -0.329. The van der Waals surface area contributed by atoms with Crippen LogP contribution in [0.5, 0.6) is 0 Å². The van der Waals surface area contributed by atoms with Gasteiger partial charge in [-0.15, -0.1) is 0 Å². The number of ether oxygens (including phenoxy) is 2. The Balaban J connectivity index is 1.43. The minimum absolute atomic E-state index is 0.0451. The molecule has 4 aliphatic rings. The lowest BCUT2D eigenvalue weighted by molar-refractivity contribution is -0.153. The number of nitrogens with zero attached hydrogens (tertiary/aromatic N) is 1. The molecule has 5 rings (SSSR count). The molecule has 1 saturated carbocycles. The molecule has 4 atom stereocenters. The number of amides is 1. The third-order valence-corrected chi connectivity index (χ3v) is 7.14. The van der Waals surface area contributed by atoms with Gasteiger partial charge in [-0.3, -0.25) is 15.1 Å². The van der Waals surface area contributed by atoms with Crippen molar-refractivity contribution in [3.8, 4) is 0 Å². The number of guanidine groups is 1. The van der Waals surface area contributed by atoms with Crippen LogP contribution in [0.3, 0.4) is 0 Å². The van der Waals surface area contributed by atoms with Crippen molar-refractivity contribution in [3.05, 3.63) is 59.4 Å². The van der Waals surface area contributed by atoms with Crippen molar-refractivity contribution in [1.82, 2.24) is 10.2 Å². The predicted octanol–water partition coefficient (Wildman–Crippen LogP) is 3.82. The van der Waals surface area contributed by atoms with Crippen LogP contribution in [0.15, 0.2) is 48.0 Å². The van der Waals surface area contributed by atoms with E-state index in [0.29, 0.717) is 31.1 Å². The van der Waals surface area contributed by atoms with Crippen molar-refractivity contribution >= 4 is 11.9 Å². The van der Waals surface area contributed by atoms with Gasteiger partial charge < -0.3 is 14.8 Å². The van der Waals surface area contributed by atoms with Crippen LogP contribution in [0.25, 0.3) is 0 Å². The molecule has 2 aliphatic heterocycles. The van der Waals surface area contributed by atoms with Gasteiger partial charge in [0.25, 0.3) is 0 Å². The maximum absolute atomic E-state index is 15.2. The lowest BCUT2D eigenvalue weighted by atomic mass is 9.66. The van der Waals surface area contributed by atoms with E-state index in [-0.39, 0.29) is 30.1 Å². The number of hydrogen-bond acceptors (Lipinski definition) is 4. The van der Waals surface area contributed by atoms with Gasteiger partial charge in [-0.05, 0) is 55.0 Å². The predicted molar refractivity (Wildman–Crippen MR) is 114 cm³/mol. The van der Waals surface area contributed by atoms with Crippen LogP contribution in [0.2, 0.25) is 0 Å². The van der Waals surface area contributed by atoms with Gasteiger partial charge in [0.1, 0.15) is 11.6 Å². The summed E-state index contributed by atoms with van der Waals surface area (Å²) in [5, 5.41) is 11.4. The standard InChI is InChI=1S/C24H27F2N3O3/c1-29-22(30)19-11-21(15-4-6-16(25)7-5-15)32-13-24(19,28-23(29)27)18-10-17(8-9-20(18)26)31-12-14-2-3-14/h4-9,14,18-19,21H,2-3,10-13H2,1H3,(H2,27,28)/t18?,19-,21+,24+/m0/s1. The highest BCUT2D eigenvalue weighted by molar-refractivity contribution is 6.00. The Kier molecular flexibility index (Phi) is 5.28. The summed E-state index contributed by atoms with van der Waals surface area (Å²) in [5.74, 6) is -1.06. The fraction of sp³-hybridized carbons (Fsp3) is 0.500. The van der Waals surface area contributed by atoms with Gasteiger partial charge >= 0.3 is 0 Å². The fourth-order valence-corrected chi connectivity index (χ4v) is 4.96. The molecule has 32 heavy (non-hydrogen) atoms. The number of carbonyl (C=O) groups excluding carboxylic acids is 1. The van der Waals surface area contributed by atoms with E-state index in [2.05, 4.69) is 5.32 Å². The van der Waals surface area contributed by atoms with E-state index in [0.717, 1.165) is 18.4 Å². The molecule has 170 valence electrons. The number of allylic oxidation sites excluding steroid dienone is 3. The molecular formula is C24H27F2N3O3. The molecule has 2 heterocycles. The van der Waals surface area contributed by atoms with Crippen molar-refractivity contribution in [2.24, 2.45) is 17.8 Å². The molecule has 1 aromatic carbocycles. The van der Waals surface area contributed by atoms with Crippen molar-refractivity contribution in [2.45, 2.75) is 37.3 Å². The molecular weight excluding hydrogens is 416 g/mol. The van der Waals surface area contributed by atoms with E-state index in [1.54, 1.807) is 25.3 Å². The Morgan fingerprint density at radius 2 is 1.97 bits per heavy atom. The minimum Gasteiger partial charge on any atom is -0.498 e. The second-order valence-electron chi connectivity index (χ2n) is 9.25. The van der Waals surface area contributed by atoms with E-state index < -0.39 is 23.5 Å². The quantitative estimate of drug-likeness (QED) is 0.726. The van der Waals surface area contributed by atoms with E-state index >= 15 is 4.39 Å². The van der Waals surface area contributed by atoms with E-state index in [4.69, 9.17) is 14.9 Å². The largest absolute Gasteiger partial charge is 0.498 e. The average Bonchev–Trinajstić information content (AvgIpc) is 3.62. The molecule has 0 spiro atoms. The highest BCUT2D eigenvalue weighted by Crippen LogP contribution is 2.48. The summed E-state index contributed by atoms with van der Waals surface area (Å²) in [6.07, 6.45) is 5.57. The van der Waals surface area contributed by atoms with E-state index in [1.807, 2.05) is 0 Å². The van der Waals surface area contributed by atoms with Gasteiger partial charge in [0.2, 0.25) is 5.91 Å². The summed E-state index contributed by atoms with van der Waals surface area (Å²) < 4.78 is 40.7. The molecule has 6 nitrogen and oxygen atoms in total. The second-order valence-corrected chi connectivity index (χ2v) is 9.25. The van der Waals surface area contributed by atoms with Crippen LogP contribution >= 0.6 is 0 Å². The maximum atomic E-state index is 15.2. The first-order valence-corrected chi connectivity index (χ1v) is 11.1. The Morgan fingerprint density at radius 3 is 2.69 bits per heavy atom. The zero-order valence-electron chi connectivity index (χ0n) is 17.9. The molecule has 0 aromatic heterocycles. The Labute approximate surface area is 185 Å². The molecule has 0 bridgehead atoms. The molecule has 1 aromatic rings. The van der Waals surface area contributed by atoms with Crippen molar-refractivity contribution in [3.63, 3.8) is 0 Å². The first-order chi connectivity index (χ1) is 15.4. The van der Waals surface area contributed by atoms with Crippen molar-refractivity contribution in [2.75, 3.05) is 20.3 Å². The van der Waals surface area contributed by atoms with Crippen molar-refractivity contribution in [1.29, 1.82) is 5.41 Å². The summed E-state index contributed by atoms with van der Waals surface area (Å²) in [7, 11) is 1.54. The van der Waals surface area contributed by atoms with E-state index in [9.17, 15) is 9.18 Å². The number of fused-ring (bicyclic) bond motifs is 1. The molecule has 3 fully saturated rings. The SMILES string of the molecule is CN1C(=N)N[C@@]2(C3CC(OCC4CC4)=CC=C3F)CO[C@@H](c3ccc(F)cc3)C[C@H]2C1=O. The van der Waals surface area contributed by atoms with Gasteiger partial charge in [-0.2, -0.15) is 0 Å². The third-order valence-electron chi connectivity index (χ3n) is 7.14. The topological polar surface area (TPSA) is 74.7 Å². The molecule has 0 radical (unpaired) electrons. The molecule has 8 heteroatoms. The summed E-state index contributed by atoms with van der Waals surface area (Å²) in [4.78, 5) is 14.6. The first-order valence-electron chi connectivity index (χ1n) is 11.1. The van der Waals surface area contributed by atoms with Gasteiger partial charge in [0.15, 0.2) is 5.96 Å². The normalized spacial score (nSPS) is 32.6. The molecule has 1 amide bonds. The Morgan fingerprint density at radius 1 is 1.22 bits per heavy atom. The smallest absolute Gasteiger partial charge is 0.234 e. The molecule has 1 unspecified atom stereocenters. The van der Waals surface area contributed by atoms with Gasteiger partial charge in [0.05, 0.1) is 36.5 Å². The average molecular weight is 443 g/mol. The lowest BCUT2D eigenvalue weighted by Gasteiger charge is -2.54. The van der Waals surface area contributed by atoms with Gasteiger partial charge in [0, 0.05) is 19.4 Å². The Hall–Kier alpha value is -2.74. The fourth-order valence-electron chi connectivity index (χ4n) is 4.96. The first kappa shape index (κ1) is 21.1. The van der Waals surface area contributed by atoms with Crippen LogP contribution in [0.4, 0.5) is 8.78 Å². The third kappa shape index (κ3) is 3.70. The van der Waals surface area contributed by atoms with Crippen molar-refractivity contribution < 1.29 is 23.0 Å². The van der Waals surface area contributed by atoms with Crippen LogP contribution in [0, 0.1) is 29.0 Å². The zero-order valence-corrected chi connectivity index (χ0v) is 17.9. The highest BCUT2D eigenvalue weighted by atomic mass is 19.1. The monoisotopic (exact) mass is 443 g/mol. The van der Waals surface area contributed by atoms with E-state index in [1.165, 1.54) is 23.1 Å². The van der Waals surface area contributed by atoms with Gasteiger partial charge in [-0.1, -0.05) is 12.1 Å². The second kappa shape index (κ2) is 7.99. The Bertz CT molecular complexity index is 989. The highest BCUT2D eigenvalue weighted by Gasteiger charge is 2.58. The number of rotatable bonds is 5. The number of carbonyl (C=O) groups is 1. The van der Waals surface area contributed by atoms with Crippen LogP contribution in [-0.4, -0.2) is 42.6 Å². The van der Waals surface area contributed by atoms with Crippen LogP contribution in [0.1, 0.15) is 37.4 Å². The minimum atomic E-state index is -1.10. The number of benzene rings is 1. The van der Waals surface area contributed by atoms with Crippen LogP contribution < -0.4 is 5.32 Å². The summed E-state index contributed by atoms with van der Waals surface area (Å²) in [6.45, 7) is 0.669. The lowest BCUT2D eigenvalue weighted by Crippen LogP contribution is -2.73. The summed E-state index contributed by atoms with van der Waals surface area (Å²) >= 11 is 0. The number of nitrogens with one attached hydrogen (secondary N) is 2. The summed E-state index contributed by atoms with van der Waals surface area (Å²) in [6, 6.07) is 6.02. The number of hydrogen-bond donors (Lipinski definition) is 2. The van der Waals surface area contributed by atoms with Gasteiger partial charge in [-0.25, -0.2) is 8.78 Å². The zero-order chi connectivity index (χ0) is 22.5. The molecule has 2 saturated heterocycles.